The summed E-state index contributed by atoms with van der Waals surface area (Å²) in [6.07, 6.45) is 1.71. The largest absolute Gasteiger partial charge is 0.305 e. The van der Waals surface area contributed by atoms with Gasteiger partial charge < -0.3 is 5.32 Å². The van der Waals surface area contributed by atoms with E-state index >= 15 is 0 Å². The van der Waals surface area contributed by atoms with Crippen LogP contribution < -0.4 is 5.32 Å². The highest BCUT2D eigenvalue weighted by Gasteiger charge is 2.09. The number of hydrogen-bond acceptors (Lipinski definition) is 3. The SMILES string of the molecule is O=C(Nc1cn2nc(-c3ccccc3)ccc2n1)c1ccccc1. The molecule has 4 aromatic rings. The van der Waals surface area contributed by atoms with Gasteiger partial charge >= 0.3 is 0 Å². The van der Waals surface area contributed by atoms with Gasteiger partial charge in [-0.15, -0.1) is 0 Å². The predicted molar refractivity (Wildman–Crippen MR) is 92.8 cm³/mol. The summed E-state index contributed by atoms with van der Waals surface area (Å²) >= 11 is 0. The van der Waals surface area contributed by atoms with Crippen LogP contribution in [0.25, 0.3) is 16.9 Å². The van der Waals surface area contributed by atoms with E-state index in [-0.39, 0.29) is 5.91 Å². The van der Waals surface area contributed by atoms with Crippen LogP contribution in [0.15, 0.2) is 79.0 Å². The Balaban J connectivity index is 1.63. The highest BCUT2D eigenvalue weighted by molar-refractivity contribution is 6.03. The maximum absolute atomic E-state index is 12.2. The van der Waals surface area contributed by atoms with Gasteiger partial charge in [0.15, 0.2) is 11.5 Å². The van der Waals surface area contributed by atoms with Crippen molar-refractivity contribution in [1.82, 2.24) is 14.6 Å². The van der Waals surface area contributed by atoms with Crippen molar-refractivity contribution in [2.24, 2.45) is 0 Å². The number of imidazole rings is 1. The average Bonchev–Trinajstić information content (AvgIpc) is 3.04. The topological polar surface area (TPSA) is 59.3 Å². The first-order valence-corrected chi connectivity index (χ1v) is 7.58. The van der Waals surface area contributed by atoms with Crippen LogP contribution in [-0.4, -0.2) is 20.5 Å². The second kappa shape index (κ2) is 5.96. The highest BCUT2D eigenvalue weighted by atomic mass is 16.1. The highest BCUT2D eigenvalue weighted by Crippen LogP contribution is 2.18. The number of anilines is 1. The molecule has 24 heavy (non-hydrogen) atoms. The molecule has 0 unspecified atom stereocenters. The third-order valence-electron chi connectivity index (χ3n) is 3.67. The molecule has 2 heterocycles. The summed E-state index contributed by atoms with van der Waals surface area (Å²) in [6.45, 7) is 0. The lowest BCUT2D eigenvalue weighted by molar-refractivity contribution is 0.102. The van der Waals surface area contributed by atoms with E-state index in [0.717, 1.165) is 11.3 Å². The molecule has 0 aliphatic carbocycles. The molecular formula is C19H14N4O. The molecule has 0 aliphatic heterocycles. The first-order chi connectivity index (χ1) is 11.8. The Bertz CT molecular complexity index is 994. The van der Waals surface area contributed by atoms with Crippen LogP contribution in [-0.2, 0) is 0 Å². The van der Waals surface area contributed by atoms with E-state index in [0.29, 0.717) is 17.0 Å². The standard InChI is InChI=1S/C19H14N4O/c24-19(15-9-5-2-6-10-15)21-17-13-23-18(20-17)12-11-16(22-23)14-7-3-1-4-8-14/h1-13H,(H,21,24). The van der Waals surface area contributed by atoms with Gasteiger partial charge in [-0.3, -0.25) is 4.79 Å². The van der Waals surface area contributed by atoms with E-state index in [2.05, 4.69) is 15.4 Å². The van der Waals surface area contributed by atoms with E-state index < -0.39 is 0 Å². The lowest BCUT2D eigenvalue weighted by Crippen LogP contribution is -2.11. The van der Waals surface area contributed by atoms with Gasteiger partial charge in [-0.25, -0.2) is 9.50 Å². The van der Waals surface area contributed by atoms with Gasteiger partial charge in [-0.05, 0) is 24.3 Å². The van der Waals surface area contributed by atoms with Gasteiger partial charge in [-0.1, -0.05) is 48.5 Å². The molecule has 116 valence electrons. The number of rotatable bonds is 3. The van der Waals surface area contributed by atoms with Crippen molar-refractivity contribution in [2.45, 2.75) is 0 Å². The van der Waals surface area contributed by atoms with Crippen molar-refractivity contribution in [2.75, 3.05) is 5.32 Å². The molecule has 0 saturated heterocycles. The number of amides is 1. The third-order valence-corrected chi connectivity index (χ3v) is 3.67. The first kappa shape index (κ1) is 14.1. The summed E-state index contributed by atoms with van der Waals surface area (Å²) in [7, 11) is 0. The number of nitrogens with zero attached hydrogens (tertiary/aromatic N) is 3. The number of nitrogens with one attached hydrogen (secondary N) is 1. The summed E-state index contributed by atoms with van der Waals surface area (Å²) < 4.78 is 1.67. The van der Waals surface area contributed by atoms with Crippen LogP contribution in [0.1, 0.15) is 10.4 Å². The number of benzene rings is 2. The van der Waals surface area contributed by atoms with Crippen LogP contribution in [0, 0.1) is 0 Å². The quantitative estimate of drug-likeness (QED) is 0.628. The van der Waals surface area contributed by atoms with Crippen LogP contribution in [0.5, 0.6) is 0 Å². The van der Waals surface area contributed by atoms with E-state index in [1.165, 1.54) is 0 Å². The van der Waals surface area contributed by atoms with Gasteiger partial charge in [-0.2, -0.15) is 5.10 Å². The fourth-order valence-corrected chi connectivity index (χ4v) is 2.48. The van der Waals surface area contributed by atoms with Crippen molar-refractivity contribution in [1.29, 1.82) is 0 Å². The van der Waals surface area contributed by atoms with Crippen LogP contribution in [0.2, 0.25) is 0 Å². The Morgan fingerprint density at radius 2 is 1.58 bits per heavy atom. The molecule has 1 amide bonds. The summed E-state index contributed by atoms with van der Waals surface area (Å²) in [5.74, 6) is 0.281. The van der Waals surface area contributed by atoms with Crippen LogP contribution in [0.3, 0.4) is 0 Å². The summed E-state index contributed by atoms with van der Waals surface area (Å²) in [5.41, 5.74) is 3.15. The third kappa shape index (κ3) is 2.75. The fourth-order valence-electron chi connectivity index (χ4n) is 2.48. The number of carbonyl (C=O) groups excluding carboxylic acids is 1. The lowest BCUT2D eigenvalue weighted by atomic mass is 10.1. The lowest BCUT2D eigenvalue weighted by Gasteiger charge is -2.00. The predicted octanol–water partition coefficient (Wildman–Crippen LogP) is 3.65. The summed E-state index contributed by atoms with van der Waals surface area (Å²) in [5, 5.41) is 7.35. The second-order valence-corrected chi connectivity index (χ2v) is 5.33. The molecule has 4 rings (SSSR count). The molecule has 2 aromatic carbocycles. The average molecular weight is 314 g/mol. The zero-order valence-corrected chi connectivity index (χ0v) is 12.8. The van der Waals surface area contributed by atoms with Crippen molar-refractivity contribution in [3.63, 3.8) is 0 Å². The molecule has 0 fully saturated rings. The number of aromatic nitrogens is 3. The normalized spacial score (nSPS) is 10.7. The molecule has 0 bridgehead atoms. The molecule has 5 nitrogen and oxygen atoms in total. The number of carbonyl (C=O) groups is 1. The molecule has 0 saturated carbocycles. The maximum atomic E-state index is 12.2. The van der Waals surface area contributed by atoms with E-state index in [9.17, 15) is 4.79 Å². The minimum atomic E-state index is -0.192. The summed E-state index contributed by atoms with van der Waals surface area (Å²) in [6, 6.07) is 22.8. The van der Waals surface area contributed by atoms with Crippen LogP contribution in [0.4, 0.5) is 5.82 Å². The van der Waals surface area contributed by atoms with Crippen molar-refractivity contribution in [3.05, 3.63) is 84.6 Å². The molecular weight excluding hydrogens is 300 g/mol. The van der Waals surface area contributed by atoms with E-state index in [1.54, 1.807) is 22.8 Å². The molecule has 0 spiro atoms. The molecule has 2 aromatic heterocycles. The van der Waals surface area contributed by atoms with Gasteiger partial charge in [0.05, 0.1) is 11.9 Å². The van der Waals surface area contributed by atoms with Gasteiger partial charge in [0.1, 0.15) is 0 Å². The Morgan fingerprint density at radius 1 is 0.875 bits per heavy atom. The minimum absolute atomic E-state index is 0.192. The second-order valence-electron chi connectivity index (χ2n) is 5.33. The Kier molecular flexibility index (Phi) is 3.51. The molecule has 1 N–H and O–H groups in total. The molecule has 0 radical (unpaired) electrons. The van der Waals surface area contributed by atoms with Crippen LogP contribution >= 0.6 is 0 Å². The summed E-state index contributed by atoms with van der Waals surface area (Å²) in [4.78, 5) is 16.6. The van der Waals surface area contributed by atoms with E-state index in [1.807, 2.05) is 60.7 Å². The molecule has 0 aliphatic rings. The number of fused-ring (bicyclic) bond motifs is 1. The molecule has 5 heteroatoms. The van der Waals surface area contributed by atoms with E-state index in [4.69, 9.17) is 0 Å². The minimum Gasteiger partial charge on any atom is -0.305 e. The van der Waals surface area contributed by atoms with Crippen molar-refractivity contribution >= 4 is 17.4 Å². The van der Waals surface area contributed by atoms with Gasteiger partial charge in [0.25, 0.3) is 5.91 Å². The Labute approximate surface area is 138 Å². The number of hydrogen-bond donors (Lipinski definition) is 1. The van der Waals surface area contributed by atoms with Gasteiger partial charge in [0.2, 0.25) is 0 Å². The van der Waals surface area contributed by atoms with Crippen molar-refractivity contribution < 1.29 is 4.79 Å². The van der Waals surface area contributed by atoms with Crippen molar-refractivity contribution in [3.8, 4) is 11.3 Å². The smallest absolute Gasteiger partial charge is 0.256 e. The monoisotopic (exact) mass is 314 g/mol. The Hall–Kier alpha value is -3.47. The fraction of sp³-hybridized carbons (Fsp3) is 0. The zero-order valence-electron chi connectivity index (χ0n) is 12.8. The zero-order chi connectivity index (χ0) is 16.4. The molecule has 0 atom stereocenters. The Morgan fingerprint density at radius 3 is 2.33 bits per heavy atom. The first-order valence-electron chi connectivity index (χ1n) is 7.58. The van der Waals surface area contributed by atoms with Gasteiger partial charge in [0, 0.05) is 11.1 Å². The maximum Gasteiger partial charge on any atom is 0.256 e.